The molecule has 1 aromatic heterocycles. The number of aromatic amines is 1. The van der Waals surface area contributed by atoms with Crippen LogP contribution in [0.15, 0.2) is 59.2 Å². The van der Waals surface area contributed by atoms with E-state index < -0.39 is 0 Å². The largest absolute Gasteiger partial charge is 0.360 e. The van der Waals surface area contributed by atoms with Gasteiger partial charge in [-0.15, -0.1) is 0 Å². The van der Waals surface area contributed by atoms with Crippen molar-refractivity contribution >= 4 is 32.6 Å². The van der Waals surface area contributed by atoms with Crippen LogP contribution in [0.1, 0.15) is 15.9 Å². The molecule has 0 unspecified atom stereocenters. The number of aromatic nitrogens is 1. The van der Waals surface area contributed by atoms with E-state index in [4.69, 9.17) is 0 Å². The van der Waals surface area contributed by atoms with Crippen molar-refractivity contribution in [1.82, 2.24) is 4.98 Å². The first kappa shape index (κ1) is 12.2. The van der Waals surface area contributed by atoms with Gasteiger partial charge in [0.2, 0.25) is 0 Å². The van der Waals surface area contributed by atoms with Gasteiger partial charge in [0, 0.05) is 33.6 Å². The third-order valence-electron chi connectivity index (χ3n) is 3.14. The van der Waals surface area contributed by atoms with Crippen LogP contribution < -0.4 is 0 Å². The van der Waals surface area contributed by atoms with Crippen LogP contribution in [0.4, 0.5) is 0 Å². The second-order valence-corrected chi connectivity index (χ2v) is 5.39. The van der Waals surface area contributed by atoms with Crippen LogP contribution in [0.5, 0.6) is 0 Å². The summed E-state index contributed by atoms with van der Waals surface area (Å²) in [7, 11) is 0. The molecule has 3 rings (SSSR count). The smallest absolute Gasteiger partial charge is 0.169 e. The number of halogens is 1. The highest BCUT2D eigenvalue weighted by Crippen LogP contribution is 2.20. The van der Waals surface area contributed by atoms with Gasteiger partial charge in [-0.1, -0.05) is 46.3 Å². The lowest BCUT2D eigenvalue weighted by molar-refractivity contribution is 0.0994. The van der Waals surface area contributed by atoms with Crippen LogP contribution in [0, 0.1) is 0 Å². The lowest BCUT2D eigenvalue weighted by Gasteiger charge is -2.01. The summed E-state index contributed by atoms with van der Waals surface area (Å²) >= 11 is 3.42. The van der Waals surface area contributed by atoms with Gasteiger partial charge < -0.3 is 4.98 Å². The van der Waals surface area contributed by atoms with Crippen molar-refractivity contribution in [1.29, 1.82) is 0 Å². The number of para-hydroxylation sites is 1. The molecule has 0 aliphatic heterocycles. The highest BCUT2D eigenvalue weighted by atomic mass is 79.9. The fourth-order valence-corrected chi connectivity index (χ4v) is 2.68. The number of Topliss-reactive ketones (excluding diaryl/α,β-unsaturated/α-hetero) is 1. The summed E-state index contributed by atoms with van der Waals surface area (Å²) in [5.41, 5.74) is 2.78. The van der Waals surface area contributed by atoms with E-state index in [1.807, 2.05) is 48.5 Å². The summed E-state index contributed by atoms with van der Waals surface area (Å²) in [6.07, 6.45) is 2.21. The average Bonchev–Trinajstić information content (AvgIpc) is 2.82. The Morgan fingerprint density at radius 3 is 2.79 bits per heavy atom. The number of hydrogen-bond acceptors (Lipinski definition) is 1. The molecule has 0 saturated heterocycles. The Balaban J connectivity index is 1.92. The minimum absolute atomic E-state index is 0.135. The maximum absolute atomic E-state index is 12.4. The zero-order valence-corrected chi connectivity index (χ0v) is 11.8. The van der Waals surface area contributed by atoms with Crippen LogP contribution in [-0.2, 0) is 6.42 Å². The predicted molar refractivity (Wildman–Crippen MR) is 80.5 cm³/mol. The predicted octanol–water partition coefficient (Wildman–Crippen LogP) is 4.36. The monoisotopic (exact) mass is 313 g/mol. The molecule has 2 aromatic carbocycles. The molecule has 19 heavy (non-hydrogen) atoms. The van der Waals surface area contributed by atoms with Crippen LogP contribution in [0.25, 0.3) is 10.9 Å². The van der Waals surface area contributed by atoms with Gasteiger partial charge in [-0.2, -0.15) is 0 Å². The molecule has 0 atom stereocenters. The number of benzene rings is 2. The van der Waals surface area contributed by atoms with Crippen molar-refractivity contribution < 1.29 is 4.79 Å². The topological polar surface area (TPSA) is 32.9 Å². The molecule has 94 valence electrons. The Morgan fingerprint density at radius 2 is 1.95 bits per heavy atom. The van der Waals surface area contributed by atoms with Gasteiger partial charge in [0.25, 0.3) is 0 Å². The molecular formula is C16H12BrNO. The first-order chi connectivity index (χ1) is 9.24. The molecular weight excluding hydrogens is 302 g/mol. The number of carbonyl (C=O) groups excluding carboxylic acids is 1. The summed E-state index contributed by atoms with van der Waals surface area (Å²) in [4.78, 5) is 15.5. The van der Waals surface area contributed by atoms with Crippen molar-refractivity contribution in [2.24, 2.45) is 0 Å². The maximum atomic E-state index is 12.4. The van der Waals surface area contributed by atoms with Crippen molar-refractivity contribution in [3.8, 4) is 0 Å². The maximum Gasteiger partial charge on any atom is 0.169 e. The number of carbonyl (C=O) groups is 1. The van der Waals surface area contributed by atoms with E-state index in [1.54, 1.807) is 6.20 Å². The molecule has 0 saturated carbocycles. The standard InChI is InChI=1S/C16H12BrNO/c17-12-5-3-4-11(8-12)9-16(19)14-10-18-15-7-2-1-6-13(14)15/h1-8,10,18H,9H2. The van der Waals surface area contributed by atoms with E-state index in [-0.39, 0.29) is 5.78 Å². The molecule has 1 N–H and O–H groups in total. The molecule has 1 heterocycles. The highest BCUT2D eigenvalue weighted by molar-refractivity contribution is 9.10. The summed E-state index contributed by atoms with van der Waals surface area (Å²) in [5, 5.41) is 0.988. The number of hydrogen-bond donors (Lipinski definition) is 1. The van der Waals surface area contributed by atoms with Gasteiger partial charge in [0.05, 0.1) is 0 Å². The Labute approximate surface area is 119 Å². The van der Waals surface area contributed by atoms with E-state index in [0.29, 0.717) is 6.42 Å². The third-order valence-corrected chi connectivity index (χ3v) is 3.64. The van der Waals surface area contributed by atoms with Crippen molar-refractivity contribution in [3.63, 3.8) is 0 Å². The second-order valence-electron chi connectivity index (χ2n) is 4.48. The highest BCUT2D eigenvalue weighted by Gasteiger charge is 2.12. The van der Waals surface area contributed by atoms with Gasteiger partial charge in [0.15, 0.2) is 5.78 Å². The molecule has 0 radical (unpaired) electrons. The van der Waals surface area contributed by atoms with Crippen LogP contribution >= 0.6 is 15.9 Å². The molecule has 2 nitrogen and oxygen atoms in total. The number of ketones is 1. The van der Waals surface area contributed by atoms with Gasteiger partial charge in [-0.3, -0.25) is 4.79 Å². The van der Waals surface area contributed by atoms with E-state index >= 15 is 0 Å². The minimum Gasteiger partial charge on any atom is -0.360 e. The quantitative estimate of drug-likeness (QED) is 0.716. The first-order valence-corrected chi connectivity index (χ1v) is 6.87. The molecule has 0 spiro atoms. The molecule has 0 aliphatic carbocycles. The molecule has 3 aromatic rings. The van der Waals surface area contributed by atoms with Crippen LogP contribution in [0.2, 0.25) is 0 Å². The molecule has 0 bridgehead atoms. The van der Waals surface area contributed by atoms with Crippen molar-refractivity contribution in [2.45, 2.75) is 6.42 Å². The minimum atomic E-state index is 0.135. The Morgan fingerprint density at radius 1 is 1.11 bits per heavy atom. The average molecular weight is 314 g/mol. The molecule has 0 fully saturated rings. The third kappa shape index (κ3) is 2.47. The number of rotatable bonds is 3. The zero-order chi connectivity index (χ0) is 13.2. The lowest BCUT2D eigenvalue weighted by Crippen LogP contribution is -2.02. The molecule has 0 aliphatic rings. The van der Waals surface area contributed by atoms with Gasteiger partial charge in [-0.05, 0) is 23.8 Å². The fourth-order valence-electron chi connectivity index (χ4n) is 2.23. The Hall–Kier alpha value is -1.87. The SMILES string of the molecule is O=C(Cc1cccc(Br)c1)c1c[nH]c2ccccc12. The Bertz CT molecular complexity index is 745. The first-order valence-electron chi connectivity index (χ1n) is 6.08. The number of nitrogens with one attached hydrogen (secondary N) is 1. The van der Waals surface area contributed by atoms with Gasteiger partial charge in [0.1, 0.15) is 0 Å². The van der Waals surface area contributed by atoms with Gasteiger partial charge in [-0.25, -0.2) is 0 Å². The van der Waals surface area contributed by atoms with E-state index in [0.717, 1.165) is 26.5 Å². The van der Waals surface area contributed by atoms with Crippen molar-refractivity contribution in [3.05, 3.63) is 70.3 Å². The lowest BCUT2D eigenvalue weighted by atomic mass is 10.0. The van der Waals surface area contributed by atoms with Crippen molar-refractivity contribution in [2.75, 3.05) is 0 Å². The summed E-state index contributed by atoms with van der Waals surface area (Å²) in [6.45, 7) is 0. The van der Waals surface area contributed by atoms with Gasteiger partial charge >= 0.3 is 0 Å². The normalized spacial score (nSPS) is 10.8. The van der Waals surface area contributed by atoms with Crippen LogP contribution in [0.3, 0.4) is 0 Å². The summed E-state index contributed by atoms with van der Waals surface area (Å²) < 4.78 is 0.997. The van der Waals surface area contributed by atoms with E-state index in [9.17, 15) is 4.79 Å². The molecule has 0 amide bonds. The molecule has 3 heteroatoms. The second kappa shape index (κ2) is 5.02. The number of fused-ring (bicyclic) bond motifs is 1. The van der Waals surface area contributed by atoms with E-state index in [2.05, 4.69) is 20.9 Å². The summed E-state index contributed by atoms with van der Waals surface area (Å²) in [5.74, 6) is 0.135. The van der Waals surface area contributed by atoms with E-state index in [1.165, 1.54) is 0 Å². The summed E-state index contributed by atoms with van der Waals surface area (Å²) in [6, 6.07) is 15.7. The van der Waals surface area contributed by atoms with Crippen LogP contribution in [-0.4, -0.2) is 10.8 Å². The Kier molecular flexibility index (Phi) is 3.22. The number of H-pyrrole nitrogens is 1. The zero-order valence-electron chi connectivity index (χ0n) is 10.2. The fraction of sp³-hybridized carbons (Fsp3) is 0.0625.